The third-order valence-corrected chi connectivity index (χ3v) is 4.05. The molecule has 0 spiro atoms. The van der Waals surface area contributed by atoms with Gasteiger partial charge in [0.1, 0.15) is 0 Å². The maximum absolute atomic E-state index is 5.93. The van der Waals surface area contributed by atoms with Crippen molar-refractivity contribution in [3.63, 3.8) is 0 Å². The minimum atomic E-state index is 0. The van der Waals surface area contributed by atoms with E-state index in [4.69, 9.17) is 15.2 Å². The first kappa shape index (κ1) is 19.9. The second kappa shape index (κ2) is 9.85. The number of nitrogens with two attached hydrogens (primary N) is 1. The van der Waals surface area contributed by atoms with Gasteiger partial charge in [-0.2, -0.15) is 0 Å². The molecule has 1 aromatic carbocycles. The number of nitrogens with one attached hydrogen (secondary N) is 1. The molecule has 130 valence electrons. The number of methoxy groups -OCH3 is 2. The van der Waals surface area contributed by atoms with Gasteiger partial charge in [0.05, 0.1) is 14.2 Å². The summed E-state index contributed by atoms with van der Waals surface area (Å²) in [7, 11) is 3.28. The SMILES string of the molecule is CCCC1CC1NC(N)=NCCc1ccc(OC)c(OC)c1.I. The van der Waals surface area contributed by atoms with Crippen molar-refractivity contribution >= 4 is 29.9 Å². The molecule has 2 rings (SSSR count). The first-order chi connectivity index (χ1) is 10.7. The van der Waals surface area contributed by atoms with Crippen molar-refractivity contribution in [2.24, 2.45) is 16.6 Å². The molecule has 0 radical (unpaired) electrons. The Labute approximate surface area is 156 Å². The highest BCUT2D eigenvalue weighted by molar-refractivity contribution is 14.0. The van der Waals surface area contributed by atoms with Gasteiger partial charge in [-0.15, -0.1) is 24.0 Å². The predicted octanol–water partition coefficient (Wildman–Crippen LogP) is 2.96. The van der Waals surface area contributed by atoms with E-state index in [9.17, 15) is 0 Å². The molecule has 1 fully saturated rings. The van der Waals surface area contributed by atoms with Gasteiger partial charge in [-0.25, -0.2) is 0 Å². The van der Waals surface area contributed by atoms with Crippen LogP contribution in [0.15, 0.2) is 23.2 Å². The van der Waals surface area contributed by atoms with Gasteiger partial charge in [0.25, 0.3) is 0 Å². The zero-order valence-electron chi connectivity index (χ0n) is 14.2. The lowest BCUT2D eigenvalue weighted by atomic mass is 10.1. The van der Waals surface area contributed by atoms with Gasteiger partial charge in [-0.05, 0) is 42.9 Å². The van der Waals surface area contributed by atoms with Crippen LogP contribution < -0.4 is 20.5 Å². The zero-order chi connectivity index (χ0) is 15.9. The van der Waals surface area contributed by atoms with Crippen molar-refractivity contribution in [3.05, 3.63) is 23.8 Å². The average molecular weight is 433 g/mol. The van der Waals surface area contributed by atoms with E-state index in [2.05, 4.69) is 17.2 Å². The first-order valence-corrected chi connectivity index (χ1v) is 7.95. The van der Waals surface area contributed by atoms with Crippen molar-refractivity contribution in [3.8, 4) is 11.5 Å². The highest BCUT2D eigenvalue weighted by Gasteiger charge is 2.36. The number of nitrogens with zero attached hydrogens (tertiary/aromatic N) is 1. The highest BCUT2D eigenvalue weighted by atomic mass is 127. The van der Waals surface area contributed by atoms with E-state index in [0.29, 0.717) is 18.5 Å². The Hall–Kier alpha value is -1.18. The fraction of sp³-hybridized carbons (Fsp3) is 0.588. The number of halogens is 1. The Morgan fingerprint density at radius 2 is 2.04 bits per heavy atom. The monoisotopic (exact) mass is 433 g/mol. The van der Waals surface area contributed by atoms with Crippen molar-refractivity contribution in [1.29, 1.82) is 0 Å². The van der Waals surface area contributed by atoms with Crippen LogP contribution in [0.3, 0.4) is 0 Å². The topological polar surface area (TPSA) is 68.9 Å². The van der Waals surface area contributed by atoms with Crippen LogP contribution in [0.4, 0.5) is 0 Å². The van der Waals surface area contributed by atoms with Crippen LogP contribution >= 0.6 is 24.0 Å². The van der Waals surface area contributed by atoms with Crippen LogP contribution in [0.1, 0.15) is 31.7 Å². The molecule has 23 heavy (non-hydrogen) atoms. The third-order valence-electron chi connectivity index (χ3n) is 4.05. The molecule has 0 heterocycles. The van der Waals surface area contributed by atoms with Gasteiger partial charge in [0.15, 0.2) is 17.5 Å². The van der Waals surface area contributed by atoms with Crippen molar-refractivity contribution in [2.45, 2.75) is 38.6 Å². The largest absolute Gasteiger partial charge is 0.493 e. The van der Waals surface area contributed by atoms with Gasteiger partial charge in [0, 0.05) is 12.6 Å². The summed E-state index contributed by atoms with van der Waals surface area (Å²) in [5.74, 6) is 2.83. The second-order valence-electron chi connectivity index (χ2n) is 5.74. The van der Waals surface area contributed by atoms with Gasteiger partial charge >= 0.3 is 0 Å². The van der Waals surface area contributed by atoms with E-state index in [1.54, 1.807) is 14.2 Å². The molecule has 1 aliphatic rings. The van der Waals surface area contributed by atoms with Crippen molar-refractivity contribution < 1.29 is 9.47 Å². The van der Waals surface area contributed by atoms with Crippen LogP contribution in [0.25, 0.3) is 0 Å². The summed E-state index contributed by atoms with van der Waals surface area (Å²) >= 11 is 0. The summed E-state index contributed by atoms with van der Waals surface area (Å²) in [6, 6.07) is 6.46. The molecule has 0 amide bonds. The molecule has 6 heteroatoms. The van der Waals surface area contributed by atoms with E-state index in [-0.39, 0.29) is 24.0 Å². The molecular weight excluding hydrogens is 405 g/mol. The van der Waals surface area contributed by atoms with E-state index >= 15 is 0 Å². The summed E-state index contributed by atoms with van der Waals surface area (Å²) in [5, 5.41) is 3.30. The molecule has 2 atom stereocenters. The summed E-state index contributed by atoms with van der Waals surface area (Å²) in [5.41, 5.74) is 7.09. The van der Waals surface area contributed by atoms with E-state index < -0.39 is 0 Å². The summed E-state index contributed by atoms with van der Waals surface area (Å²) in [4.78, 5) is 4.40. The lowest BCUT2D eigenvalue weighted by Gasteiger charge is -2.09. The molecule has 2 unspecified atom stereocenters. The third kappa shape index (κ3) is 6.08. The first-order valence-electron chi connectivity index (χ1n) is 7.95. The van der Waals surface area contributed by atoms with Crippen molar-refractivity contribution in [2.75, 3.05) is 20.8 Å². The minimum Gasteiger partial charge on any atom is -0.493 e. The number of benzene rings is 1. The Morgan fingerprint density at radius 3 is 2.70 bits per heavy atom. The van der Waals surface area contributed by atoms with Crippen LogP contribution in [0.2, 0.25) is 0 Å². The van der Waals surface area contributed by atoms with Gasteiger partial charge in [-0.1, -0.05) is 19.4 Å². The number of hydrogen-bond acceptors (Lipinski definition) is 3. The summed E-state index contributed by atoms with van der Waals surface area (Å²) in [6.07, 6.45) is 4.56. The fourth-order valence-electron chi connectivity index (χ4n) is 2.69. The van der Waals surface area contributed by atoms with Gasteiger partial charge < -0.3 is 20.5 Å². The van der Waals surface area contributed by atoms with Crippen LogP contribution in [0.5, 0.6) is 11.5 Å². The lowest BCUT2D eigenvalue weighted by molar-refractivity contribution is 0.354. The van der Waals surface area contributed by atoms with Gasteiger partial charge in [0.2, 0.25) is 0 Å². The number of ether oxygens (including phenoxy) is 2. The molecule has 0 bridgehead atoms. The smallest absolute Gasteiger partial charge is 0.188 e. The zero-order valence-corrected chi connectivity index (χ0v) is 16.5. The Balaban J connectivity index is 0.00000264. The maximum atomic E-state index is 5.93. The maximum Gasteiger partial charge on any atom is 0.188 e. The molecule has 0 saturated heterocycles. The summed E-state index contributed by atoms with van der Waals surface area (Å²) in [6.45, 7) is 2.88. The molecule has 1 aliphatic carbocycles. The van der Waals surface area contributed by atoms with Gasteiger partial charge in [-0.3, -0.25) is 4.99 Å². The minimum absolute atomic E-state index is 0. The van der Waals surface area contributed by atoms with Crippen LogP contribution in [0, 0.1) is 5.92 Å². The Bertz CT molecular complexity index is 523. The molecule has 1 aromatic rings. The molecule has 0 aromatic heterocycles. The Morgan fingerprint density at radius 1 is 1.30 bits per heavy atom. The van der Waals surface area contributed by atoms with E-state index in [1.807, 2.05) is 18.2 Å². The molecule has 0 aliphatic heterocycles. The predicted molar refractivity (Wildman–Crippen MR) is 105 cm³/mol. The standard InChI is InChI=1S/C17H27N3O2.HI/c1-4-5-13-11-14(13)20-17(18)19-9-8-12-6-7-15(21-2)16(10-12)22-3;/h6-7,10,13-14H,4-5,8-9,11H2,1-3H3,(H3,18,19,20);1H. The molecular formula is C17H28IN3O2. The lowest BCUT2D eigenvalue weighted by Crippen LogP contribution is -2.34. The normalized spacial score (nSPS) is 19.7. The molecule has 3 N–H and O–H groups in total. The summed E-state index contributed by atoms with van der Waals surface area (Å²) < 4.78 is 10.5. The fourth-order valence-corrected chi connectivity index (χ4v) is 2.69. The van der Waals surface area contributed by atoms with E-state index in [1.165, 1.54) is 19.3 Å². The van der Waals surface area contributed by atoms with Crippen LogP contribution in [-0.4, -0.2) is 32.8 Å². The molecule has 5 nitrogen and oxygen atoms in total. The molecule has 1 saturated carbocycles. The average Bonchev–Trinajstić information content (AvgIpc) is 3.25. The Kier molecular flexibility index (Phi) is 8.51. The van der Waals surface area contributed by atoms with E-state index in [0.717, 1.165) is 29.4 Å². The number of guanidine groups is 1. The number of aliphatic imine (C=N–C) groups is 1. The number of hydrogen-bond donors (Lipinski definition) is 2. The highest BCUT2D eigenvalue weighted by Crippen LogP contribution is 2.34. The quantitative estimate of drug-likeness (QED) is 0.376. The van der Waals surface area contributed by atoms with Crippen molar-refractivity contribution in [1.82, 2.24) is 5.32 Å². The second-order valence-corrected chi connectivity index (χ2v) is 5.74. The van der Waals surface area contributed by atoms with Crippen LogP contribution in [-0.2, 0) is 6.42 Å². The number of rotatable bonds is 8.